The van der Waals surface area contributed by atoms with Crippen molar-refractivity contribution in [1.29, 1.82) is 0 Å². The predicted molar refractivity (Wildman–Crippen MR) is 65.2 cm³/mol. The standard InChI is InChI=1S/C10H15N3O3S/c14-13(15)9-1-4-12(11-9)7-10(8-17)2-5-16-6-3-10/h1,4,17H,2-3,5-8H2. The quantitative estimate of drug-likeness (QED) is 0.504. The molecule has 0 N–H and O–H groups in total. The first-order chi connectivity index (χ1) is 8.15. The van der Waals surface area contributed by atoms with Crippen LogP contribution >= 0.6 is 12.6 Å². The summed E-state index contributed by atoms with van der Waals surface area (Å²) in [5.74, 6) is 0.635. The zero-order valence-electron chi connectivity index (χ0n) is 9.41. The molecular formula is C10H15N3O3S. The summed E-state index contributed by atoms with van der Waals surface area (Å²) in [5.41, 5.74) is 0.0429. The summed E-state index contributed by atoms with van der Waals surface area (Å²) in [4.78, 5) is 10.1. The Morgan fingerprint density at radius 3 is 2.82 bits per heavy atom. The van der Waals surface area contributed by atoms with Crippen LogP contribution in [0.25, 0.3) is 0 Å². The number of thiol groups is 1. The van der Waals surface area contributed by atoms with Crippen molar-refractivity contribution in [3.8, 4) is 0 Å². The Morgan fingerprint density at radius 2 is 2.29 bits per heavy atom. The molecule has 1 aromatic rings. The fraction of sp³-hybridized carbons (Fsp3) is 0.700. The molecular weight excluding hydrogens is 242 g/mol. The Bertz CT molecular complexity index is 401. The van der Waals surface area contributed by atoms with Crippen LogP contribution in [0.1, 0.15) is 12.8 Å². The highest BCUT2D eigenvalue weighted by atomic mass is 32.1. The van der Waals surface area contributed by atoms with Crippen molar-refractivity contribution in [2.75, 3.05) is 19.0 Å². The van der Waals surface area contributed by atoms with Crippen molar-refractivity contribution in [3.63, 3.8) is 0 Å². The maximum atomic E-state index is 10.6. The molecule has 2 heterocycles. The van der Waals surface area contributed by atoms with Crippen molar-refractivity contribution >= 4 is 18.4 Å². The third-order valence-electron chi connectivity index (χ3n) is 3.20. The number of aromatic nitrogens is 2. The molecule has 6 nitrogen and oxygen atoms in total. The molecule has 0 atom stereocenters. The summed E-state index contributed by atoms with van der Waals surface area (Å²) in [6.45, 7) is 2.11. The van der Waals surface area contributed by atoms with E-state index in [0.29, 0.717) is 6.54 Å². The lowest BCUT2D eigenvalue weighted by atomic mass is 9.82. The molecule has 0 radical (unpaired) electrons. The minimum absolute atomic E-state index is 0.0429. The van der Waals surface area contributed by atoms with Crippen LogP contribution in [0.4, 0.5) is 5.82 Å². The fourth-order valence-corrected chi connectivity index (χ4v) is 2.47. The van der Waals surface area contributed by atoms with E-state index in [0.717, 1.165) is 31.8 Å². The van der Waals surface area contributed by atoms with Gasteiger partial charge in [0.05, 0.1) is 23.9 Å². The molecule has 94 valence electrons. The Morgan fingerprint density at radius 1 is 1.59 bits per heavy atom. The van der Waals surface area contributed by atoms with Crippen molar-refractivity contribution in [2.24, 2.45) is 5.41 Å². The van der Waals surface area contributed by atoms with Crippen LogP contribution in [0.3, 0.4) is 0 Å². The third-order valence-corrected chi connectivity index (χ3v) is 3.87. The number of hydrogen-bond acceptors (Lipinski definition) is 5. The number of hydrogen-bond donors (Lipinski definition) is 1. The molecule has 1 aliphatic heterocycles. The summed E-state index contributed by atoms with van der Waals surface area (Å²) < 4.78 is 6.97. The summed E-state index contributed by atoms with van der Waals surface area (Å²) >= 11 is 4.40. The lowest BCUT2D eigenvalue weighted by molar-refractivity contribution is -0.389. The van der Waals surface area contributed by atoms with E-state index in [4.69, 9.17) is 4.74 Å². The highest BCUT2D eigenvalue weighted by molar-refractivity contribution is 7.80. The summed E-state index contributed by atoms with van der Waals surface area (Å²) in [5, 5.41) is 14.5. The first-order valence-electron chi connectivity index (χ1n) is 5.52. The van der Waals surface area contributed by atoms with E-state index in [1.807, 2.05) is 0 Å². The van der Waals surface area contributed by atoms with Crippen molar-refractivity contribution < 1.29 is 9.66 Å². The van der Waals surface area contributed by atoms with Gasteiger partial charge in [-0.25, -0.2) is 0 Å². The van der Waals surface area contributed by atoms with Gasteiger partial charge in [0.1, 0.15) is 0 Å². The van der Waals surface area contributed by atoms with Crippen LogP contribution in [-0.4, -0.2) is 33.7 Å². The van der Waals surface area contributed by atoms with Crippen LogP contribution in [0, 0.1) is 15.5 Å². The average Bonchev–Trinajstić information content (AvgIpc) is 2.79. The first-order valence-corrected chi connectivity index (χ1v) is 6.15. The molecule has 0 amide bonds. The van der Waals surface area contributed by atoms with Gasteiger partial charge in [-0.2, -0.15) is 17.3 Å². The molecule has 0 bridgehead atoms. The second kappa shape index (κ2) is 5.05. The molecule has 2 rings (SSSR count). The van der Waals surface area contributed by atoms with Gasteiger partial charge in [0.15, 0.2) is 0 Å². The highest BCUT2D eigenvalue weighted by Crippen LogP contribution is 2.33. The van der Waals surface area contributed by atoms with E-state index in [-0.39, 0.29) is 11.2 Å². The van der Waals surface area contributed by atoms with E-state index < -0.39 is 4.92 Å². The summed E-state index contributed by atoms with van der Waals surface area (Å²) in [6.07, 6.45) is 3.49. The zero-order chi connectivity index (χ0) is 12.3. The SMILES string of the molecule is O=[N+]([O-])c1ccn(CC2(CS)CCOCC2)n1. The van der Waals surface area contributed by atoms with Gasteiger partial charge in [-0.1, -0.05) is 0 Å². The Balaban J connectivity index is 2.09. The topological polar surface area (TPSA) is 70.2 Å². The lowest BCUT2D eigenvalue weighted by Crippen LogP contribution is -2.35. The lowest BCUT2D eigenvalue weighted by Gasteiger charge is -2.34. The van der Waals surface area contributed by atoms with E-state index in [2.05, 4.69) is 17.7 Å². The normalized spacial score (nSPS) is 19.1. The zero-order valence-corrected chi connectivity index (χ0v) is 10.3. The molecule has 1 fully saturated rings. The first kappa shape index (κ1) is 12.4. The molecule has 0 saturated carbocycles. The van der Waals surface area contributed by atoms with Crippen LogP contribution < -0.4 is 0 Å². The Hall–Kier alpha value is -1.08. The second-order valence-corrected chi connectivity index (χ2v) is 4.72. The molecule has 1 aliphatic rings. The molecule has 0 aliphatic carbocycles. The van der Waals surface area contributed by atoms with Gasteiger partial charge < -0.3 is 14.9 Å². The van der Waals surface area contributed by atoms with Crippen molar-refractivity contribution in [1.82, 2.24) is 9.78 Å². The monoisotopic (exact) mass is 257 g/mol. The minimum atomic E-state index is -0.478. The van der Waals surface area contributed by atoms with E-state index in [9.17, 15) is 10.1 Å². The second-order valence-electron chi connectivity index (χ2n) is 4.40. The molecule has 0 unspecified atom stereocenters. The smallest absolute Gasteiger partial charge is 0.381 e. The van der Waals surface area contributed by atoms with E-state index in [1.165, 1.54) is 6.07 Å². The fourth-order valence-electron chi connectivity index (χ4n) is 2.05. The van der Waals surface area contributed by atoms with E-state index in [1.54, 1.807) is 10.9 Å². The molecule has 1 saturated heterocycles. The predicted octanol–water partition coefficient (Wildman–Crippen LogP) is 1.52. The van der Waals surface area contributed by atoms with Gasteiger partial charge in [-0.15, -0.1) is 0 Å². The Kier molecular flexibility index (Phi) is 3.68. The van der Waals surface area contributed by atoms with Crippen LogP contribution in [-0.2, 0) is 11.3 Å². The number of nitrogens with zero attached hydrogens (tertiary/aromatic N) is 3. The van der Waals surface area contributed by atoms with Crippen molar-refractivity contribution in [2.45, 2.75) is 19.4 Å². The molecule has 1 aromatic heterocycles. The maximum absolute atomic E-state index is 10.6. The third kappa shape index (κ3) is 2.78. The van der Waals surface area contributed by atoms with Gasteiger partial charge in [-0.3, -0.25) is 0 Å². The van der Waals surface area contributed by atoms with Crippen molar-refractivity contribution in [3.05, 3.63) is 22.4 Å². The maximum Gasteiger partial charge on any atom is 0.389 e. The van der Waals surface area contributed by atoms with Crippen LogP contribution in [0.5, 0.6) is 0 Å². The van der Waals surface area contributed by atoms with Gasteiger partial charge >= 0.3 is 5.82 Å². The minimum Gasteiger partial charge on any atom is -0.381 e. The molecule has 0 aromatic carbocycles. The largest absolute Gasteiger partial charge is 0.389 e. The molecule has 17 heavy (non-hydrogen) atoms. The number of ether oxygens (including phenoxy) is 1. The summed E-state index contributed by atoms with van der Waals surface area (Å²) in [7, 11) is 0. The number of rotatable bonds is 4. The molecule has 0 spiro atoms. The van der Waals surface area contributed by atoms with Gasteiger partial charge in [0.25, 0.3) is 0 Å². The van der Waals surface area contributed by atoms with Gasteiger partial charge in [0.2, 0.25) is 0 Å². The molecule has 7 heteroatoms. The highest BCUT2D eigenvalue weighted by Gasteiger charge is 2.33. The van der Waals surface area contributed by atoms with Crippen LogP contribution in [0.15, 0.2) is 12.3 Å². The average molecular weight is 257 g/mol. The van der Waals surface area contributed by atoms with Gasteiger partial charge in [-0.05, 0) is 23.5 Å². The number of nitro groups is 1. The van der Waals surface area contributed by atoms with E-state index >= 15 is 0 Å². The van der Waals surface area contributed by atoms with Gasteiger partial charge in [0, 0.05) is 18.6 Å². The Labute approximate surface area is 105 Å². The summed E-state index contributed by atoms with van der Waals surface area (Å²) in [6, 6.07) is 1.42. The van der Waals surface area contributed by atoms with Crippen LogP contribution in [0.2, 0.25) is 0 Å².